The van der Waals surface area contributed by atoms with Gasteiger partial charge in [-0.15, -0.1) is 0 Å². The van der Waals surface area contributed by atoms with E-state index in [9.17, 15) is 0 Å². The summed E-state index contributed by atoms with van der Waals surface area (Å²) < 4.78 is 5.58. The zero-order valence-electron chi connectivity index (χ0n) is 9.81. The van der Waals surface area contributed by atoms with Crippen LogP contribution in [0.2, 0.25) is 0 Å². The minimum atomic E-state index is 0.436. The molecule has 2 aromatic rings. The molecule has 17 heavy (non-hydrogen) atoms. The first kappa shape index (κ1) is 10.5. The van der Waals surface area contributed by atoms with Crippen LogP contribution in [-0.4, -0.2) is 23.1 Å². The largest absolute Gasteiger partial charge is 0.460 e. The molecule has 88 valence electrons. The normalized spacial score (nSPS) is 19.7. The van der Waals surface area contributed by atoms with Crippen LogP contribution >= 0.6 is 0 Å². The molecular weight excluding hydrogens is 214 g/mol. The van der Waals surface area contributed by atoms with Crippen LogP contribution in [0.1, 0.15) is 23.9 Å². The molecule has 3 rings (SSSR count). The Morgan fingerprint density at radius 2 is 2.29 bits per heavy atom. The number of nitrogens with zero attached hydrogens (tertiary/aromatic N) is 2. The van der Waals surface area contributed by atoms with Gasteiger partial charge in [0.2, 0.25) is 0 Å². The Kier molecular flexibility index (Phi) is 2.65. The van der Waals surface area contributed by atoms with Gasteiger partial charge in [-0.2, -0.15) is 0 Å². The summed E-state index contributed by atoms with van der Waals surface area (Å²) in [6.07, 6.45) is 2.93. The maximum absolute atomic E-state index is 5.58. The van der Waals surface area contributed by atoms with Crippen LogP contribution in [0, 0.1) is 6.92 Å². The predicted molar refractivity (Wildman–Crippen MR) is 64.7 cm³/mol. The van der Waals surface area contributed by atoms with E-state index in [4.69, 9.17) is 4.42 Å². The van der Waals surface area contributed by atoms with Gasteiger partial charge in [-0.25, -0.2) is 9.97 Å². The Hall–Kier alpha value is -1.68. The second-order valence-electron chi connectivity index (χ2n) is 4.40. The summed E-state index contributed by atoms with van der Waals surface area (Å²) in [5.41, 5.74) is 0.870. The number of hydrogen-bond donors (Lipinski definition) is 1. The standard InChI is InChI=1S/C13H15N3O/c1-9-2-3-12(17-9)11-5-7-15-13(16-11)10-4-6-14-8-10/h2-3,5,7,10,14H,4,6,8H2,1H3. The Balaban J connectivity index is 1.93. The quantitative estimate of drug-likeness (QED) is 0.857. The predicted octanol–water partition coefficient (Wildman–Crippen LogP) is 2.12. The van der Waals surface area contributed by atoms with E-state index in [-0.39, 0.29) is 0 Å². The summed E-state index contributed by atoms with van der Waals surface area (Å²) in [6, 6.07) is 5.80. The van der Waals surface area contributed by atoms with E-state index in [1.54, 1.807) is 0 Å². The van der Waals surface area contributed by atoms with E-state index in [0.29, 0.717) is 5.92 Å². The Bertz CT molecular complexity index is 515. The third-order valence-electron chi connectivity index (χ3n) is 3.09. The van der Waals surface area contributed by atoms with Crippen molar-refractivity contribution in [3.63, 3.8) is 0 Å². The molecule has 1 N–H and O–H groups in total. The van der Waals surface area contributed by atoms with E-state index in [1.165, 1.54) is 0 Å². The molecular formula is C13H15N3O. The lowest BCUT2D eigenvalue weighted by molar-refractivity contribution is 0.545. The molecule has 4 nitrogen and oxygen atoms in total. The monoisotopic (exact) mass is 229 g/mol. The molecule has 0 bridgehead atoms. The Morgan fingerprint density at radius 1 is 1.35 bits per heavy atom. The summed E-state index contributed by atoms with van der Waals surface area (Å²) in [5, 5.41) is 3.33. The first-order chi connectivity index (χ1) is 8.33. The molecule has 3 heterocycles. The van der Waals surface area contributed by atoms with Crippen LogP contribution < -0.4 is 5.32 Å². The fourth-order valence-electron chi connectivity index (χ4n) is 2.15. The molecule has 0 amide bonds. The maximum atomic E-state index is 5.58. The molecule has 1 aliphatic heterocycles. The molecule has 0 aromatic carbocycles. The van der Waals surface area contributed by atoms with Crippen molar-refractivity contribution in [2.45, 2.75) is 19.3 Å². The highest BCUT2D eigenvalue weighted by molar-refractivity contribution is 5.51. The lowest BCUT2D eigenvalue weighted by Crippen LogP contribution is -2.10. The number of hydrogen-bond acceptors (Lipinski definition) is 4. The van der Waals surface area contributed by atoms with E-state index in [1.807, 2.05) is 31.3 Å². The first-order valence-electron chi connectivity index (χ1n) is 5.93. The average molecular weight is 229 g/mol. The number of rotatable bonds is 2. The Labute approximate surface area is 100 Å². The molecule has 1 aliphatic rings. The van der Waals surface area contributed by atoms with Crippen molar-refractivity contribution in [2.24, 2.45) is 0 Å². The fraction of sp³-hybridized carbons (Fsp3) is 0.385. The summed E-state index contributed by atoms with van der Waals surface area (Å²) in [5.74, 6) is 3.08. The number of furan rings is 1. The summed E-state index contributed by atoms with van der Waals surface area (Å²) in [4.78, 5) is 8.95. The minimum Gasteiger partial charge on any atom is -0.460 e. The fourth-order valence-corrected chi connectivity index (χ4v) is 2.15. The second-order valence-corrected chi connectivity index (χ2v) is 4.40. The van der Waals surface area contributed by atoms with Crippen LogP contribution in [0.4, 0.5) is 0 Å². The van der Waals surface area contributed by atoms with Gasteiger partial charge in [-0.1, -0.05) is 0 Å². The third kappa shape index (κ3) is 2.08. The average Bonchev–Trinajstić information content (AvgIpc) is 3.00. The SMILES string of the molecule is Cc1ccc(-c2ccnc(C3CCNC3)n2)o1. The molecule has 4 heteroatoms. The molecule has 1 unspecified atom stereocenters. The van der Waals surface area contributed by atoms with Crippen LogP contribution in [0.3, 0.4) is 0 Å². The molecule has 0 aliphatic carbocycles. The molecule has 2 aromatic heterocycles. The van der Waals surface area contributed by atoms with Gasteiger partial charge in [-0.3, -0.25) is 0 Å². The van der Waals surface area contributed by atoms with Crippen LogP contribution in [-0.2, 0) is 0 Å². The summed E-state index contributed by atoms with van der Waals surface area (Å²) in [7, 11) is 0. The van der Waals surface area contributed by atoms with E-state index < -0.39 is 0 Å². The molecule has 1 fully saturated rings. The number of nitrogens with one attached hydrogen (secondary N) is 1. The minimum absolute atomic E-state index is 0.436. The lowest BCUT2D eigenvalue weighted by Gasteiger charge is -2.07. The Morgan fingerprint density at radius 3 is 3.00 bits per heavy atom. The van der Waals surface area contributed by atoms with Gasteiger partial charge in [0.15, 0.2) is 5.76 Å². The van der Waals surface area contributed by atoms with Gasteiger partial charge in [-0.05, 0) is 38.1 Å². The summed E-state index contributed by atoms with van der Waals surface area (Å²) >= 11 is 0. The summed E-state index contributed by atoms with van der Waals surface area (Å²) in [6.45, 7) is 3.96. The van der Waals surface area contributed by atoms with Gasteiger partial charge >= 0.3 is 0 Å². The molecule has 1 atom stereocenters. The molecule has 0 radical (unpaired) electrons. The van der Waals surface area contributed by atoms with Crippen LogP contribution in [0.25, 0.3) is 11.5 Å². The van der Waals surface area contributed by atoms with E-state index >= 15 is 0 Å². The number of aryl methyl sites for hydroxylation is 1. The zero-order valence-corrected chi connectivity index (χ0v) is 9.81. The second kappa shape index (κ2) is 4.30. The third-order valence-corrected chi connectivity index (χ3v) is 3.09. The van der Waals surface area contributed by atoms with Gasteiger partial charge in [0.1, 0.15) is 17.3 Å². The van der Waals surface area contributed by atoms with Crippen molar-refractivity contribution >= 4 is 0 Å². The van der Waals surface area contributed by atoms with Crippen molar-refractivity contribution in [3.05, 3.63) is 36.0 Å². The van der Waals surface area contributed by atoms with Crippen molar-refractivity contribution in [3.8, 4) is 11.5 Å². The van der Waals surface area contributed by atoms with E-state index in [0.717, 1.165) is 42.5 Å². The van der Waals surface area contributed by atoms with Crippen molar-refractivity contribution in [1.29, 1.82) is 0 Å². The highest BCUT2D eigenvalue weighted by Crippen LogP contribution is 2.23. The van der Waals surface area contributed by atoms with Gasteiger partial charge < -0.3 is 9.73 Å². The van der Waals surface area contributed by atoms with Gasteiger partial charge in [0.25, 0.3) is 0 Å². The smallest absolute Gasteiger partial charge is 0.152 e. The van der Waals surface area contributed by atoms with E-state index in [2.05, 4.69) is 15.3 Å². The van der Waals surface area contributed by atoms with Crippen molar-refractivity contribution in [1.82, 2.24) is 15.3 Å². The van der Waals surface area contributed by atoms with Gasteiger partial charge in [0.05, 0.1) is 0 Å². The first-order valence-corrected chi connectivity index (χ1v) is 5.93. The zero-order chi connectivity index (χ0) is 11.7. The van der Waals surface area contributed by atoms with Crippen molar-refractivity contribution < 1.29 is 4.42 Å². The molecule has 0 saturated carbocycles. The number of aromatic nitrogens is 2. The highest BCUT2D eigenvalue weighted by atomic mass is 16.3. The van der Waals surface area contributed by atoms with Gasteiger partial charge in [0, 0.05) is 18.7 Å². The molecule has 0 spiro atoms. The van der Waals surface area contributed by atoms with Crippen molar-refractivity contribution in [2.75, 3.05) is 13.1 Å². The topological polar surface area (TPSA) is 51.0 Å². The van der Waals surface area contributed by atoms with Crippen LogP contribution in [0.15, 0.2) is 28.8 Å². The van der Waals surface area contributed by atoms with Crippen LogP contribution in [0.5, 0.6) is 0 Å². The molecule has 1 saturated heterocycles. The lowest BCUT2D eigenvalue weighted by atomic mass is 10.1. The maximum Gasteiger partial charge on any atom is 0.152 e. The highest BCUT2D eigenvalue weighted by Gasteiger charge is 2.19.